The lowest BCUT2D eigenvalue weighted by Gasteiger charge is -2.28. The molecule has 1 aromatic rings. The van der Waals surface area contributed by atoms with E-state index in [0.717, 1.165) is 25.9 Å². The molecule has 0 unspecified atom stereocenters. The van der Waals surface area contributed by atoms with Gasteiger partial charge in [0.25, 0.3) is 0 Å². The topological polar surface area (TPSA) is 29.5 Å². The van der Waals surface area contributed by atoms with Gasteiger partial charge in [-0.25, -0.2) is 4.39 Å². The molecule has 0 aliphatic carbocycles. The second kappa shape index (κ2) is 5.48. The first-order chi connectivity index (χ1) is 8.61. The fourth-order valence-corrected chi connectivity index (χ4v) is 2.47. The second-order valence-corrected chi connectivity index (χ2v) is 4.81. The summed E-state index contributed by atoms with van der Waals surface area (Å²) in [4.78, 5) is 14.5. The summed E-state index contributed by atoms with van der Waals surface area (Å²) in [6.07, 6.45) is 1.87. The number of methoxy groups -OCH3 is 1. The van der Waals surface area contributed by atoms with Crippen molar-refractivity contribution in [3.63, 3.8) is 0 Å². The molecule has 4 heteroatoms. The number of hydrogen-bond donors (Lipinski definition) is 0. The number of carbonyl (C=O) groups excluding carboxylic acids is 1. The van der Waals surface area contributed by atoms with E-state index in [9.17, 15) is 9.18 Å². The van der Waals surface area contributed by atoms with E-state index >= 15 is 0 Å². The number of carbonyl (C=O) groups is 1. The number of piperidine rings is 1. The zero-order valence-corrected chi connectivity index (χ0v) is 10.8. The van der Waals surface area contributed by atoms with Gasteiger partial charge in [-0.15, -0.1) is 0 Å². The molecule has 3 nitrogen and oxygen atoms in total. The Bertz CT molecular complexity index is 447. The molecule has 1 saturated heterocycles. The van der Waals surface area contributed by atoms with Gasteiger partial charge >= 0.3 is 0 Å². The van der Waals surface area contributed by atoms with Crippen LogP contribution in [0.4, 0.5) is 4.39 Å². The minimum Gasteiger partial charge on any atom is -0.496 e. The van der Waals surface area contributed by atoms with Gasteiger partial charge in [-0.2, -0.15) is 0 Å². The van der Waals surface area contributed by atoms with Crippen molar-refractivity contribution in [2.24, 2.45) is 5.92 Å². The molecule has 1 heterocycles. The van der Waals surface area contributed by atoms with E-state index < -0.39 is 5.82 Å². The van der Waals surface area contributed by atoms with Gasteiger partial charge in [-0.05, 0) is 44.6 Å². The monoisotopic (exact) mass is 251 g/mol. The number of ketones is 1. The summed E-state index contributed by atoms with van der Waals surface area (Å²) < 4.78 is 18.4. The number of likely N-dealkylation sites (tertiary alicyclic amines) is 1. The average molecular weight is 251 g/mol. The van der Waals surface area contributed by atoms with E-state index in [4.69, 9.17) is 4.74 Å². The molecule has 0 amide bonds. The number of benzene rings is 1. The number of rotatable bonds is 3. The lowest BCUT2D eigenvalue weighted by Crippen LogP contribution is -2.36. The molecular weight excluding hydrogens is 233 g/mol. The van der Waals surface area contributed by atoms with Crippen molar-refractivity contribution in [1.29, 1.82) is 0 Å². The summed E-state index contributed by atoms with van der Waals surface area (Å²) >= 11 is 0. The lowest BCUT2D eigenvalue weighted by molar-refractivity contribution is 0.0839. The third-order valence-corrected chi connectivity index (χ3v) is 3.42. The molecule has 1 atom stereocenters. The highest BCUT2D eigenvalue weighted by atomic mass is 19.1. The van der Waals surface area contributed by atoms with Crippen LogP contribution in [0, 0.1) is 11.7 Å². The highest BCUT2D eigenvalue weighted by Gasteiger charge is 2.27. The van der Waals surface area contributed by atoms with Crippen LogP contribution >= 0.6 is 0 Å². The smallest absolute Gasteiger partial charge is 0.171 e. The second-order valence-electron chi connectivity index (χ2n) is 4.81. The molecule has 0 aromatic heterocycles. The average Bonchev–Trinajstić information content (AvgIpc) is 2.38. The number of nitrogens with zero attached hydrogens (tertiary/aromatic N) is 1. The molecule has 0 radical (unpaired) electrons. The molecule has 98 valence electrons. The molecular formula is C14H18FNO2. The fourth-order valence-electron chi connectivity index (χ4n) is 2.47. The van der Waals surface area contributed by atoms with Gasteiger partial charge in [0, 0.05) is 12.5 Å². The van der Waals surface area contributed by atoms with E-state index in [-0.39, 0.29) is 11.7 Å². The van der Waals surface area contributed by atoms with Gasteiger partial charge in [0.2, 0.25) is 0 Å². The Balaban J connectivity index is 2.24. The van der Waals surface area contributed by atoms with Crippen LogP contribution in [0.1, 0.15) is 23.2 Å². The van der Waals surface area contributed by atoms with Crippen LogP contribution in [0.3, 0.4) is 0 Å². The van der Waals surface area contributed by atoms with Crippen molar-refractivity contribution in [2.45, 2.75) is 12.8 Å². The Morgan fingerprint density at radius 1 is 1.50 bits per heavy atom. The molecule has 1 aliphatic rings. The van der Waals surface area contributed by atoms with Crippen LogP contribution in [0.25, 0.3) is 0 Å². The van der Waals surface area contributed by atoms with Crippen LogP contribution in [0.2, 0.25) is 0 Å². The van der Waals surface area contributed by atoms with E-state index in [1.54, 1.807) is 0 Å². The van der Waals surface area contributed by atoms with Crippen molar-refractivity contribution >= 4 is 5.78 Å². The quantitative estimate of drug-likeness (QED) is 0.772. The predicted octanol–water partition coefficient (Wildman–Crippen LogP) is 2.36. The maximum absolute atomic E-state index is 13.3. The fraction of sp³-hybridized carbons (Fsp3) is 0.500. The Morgan fingerprint density at radius 2 is 2.28 bits per heavy atom. The van der Waals surface area contributed by atoms with Gasteiger partial charge in [0.1, 0.15) is 11.6 Å². The molecule has 0 saturated carbocycles. The molecule has 0 bridgehead atoms. The first-order valence-electron chi connectivity index (χ1n) is 6.18. The third kappa shape index (κ3) is 2.70. The Labute approximate surface area is 107 Å². The molecule has 1 aliphatic heterocycles. The number of hydrogen-bond acceptors (Lipinski definition) is 3. The summed E-state index contributed by atoms with van der Waals surface area (Å²) in [5.74, 6) is -0.0182. The Morgan fingerprint density at radius 3 is 2.94 bits per heavy atom. The summed E-state index contributed by atoms with van der Waals surface area (Å²) in [6.45, 7) is 1.75. The summed E-state index contributed by atoms with van der Waals surface area (Å²) in [5, 5.41) is 0. The summed E-state index contributed by atoms with van der Waals surface area (Å²) in [6, 6.07) is 4.09. The van der Waals surface area contributed by atoms with Crippen LogP contribution in [-0.4, -0.2) is 37.9 Å². The summed E-state index contributed by atoms with van der Waals surface area (Å²) in [5.41, 5.74) is 0.359. The van der Waals surface area contributed by atoms with E-state index in [2.05, 4.69) is 4.90 Å². The first kappa shape index (κ1) is 13.0. The standard InChI is InChI=1S/C14H18FNO2/c1-16-7-3-4-10(9-16)14(17)12-8-11(15)5-6-13(12)18-2/h5-6,8,10H,3-4,7,9H2,1-2H3/t10-/m0/s1. The van der Waals surface area contributed by atoms with Gasteiger partial charge < -0.3 is 9.64 Å². The van der Waals surface area contributed by atoms with Crippen molar-refractivity contribution in [3.8, 4) is 5.75 Å². The highest BCUT2D eigenvalue weighted by molar-refractivity contribution is 6.00. The molecule has 0 N–H and O–H groups in total. The third-order valence-electron chi connectivity index (χ3n) is 3.42. The van der Waals surface area contributed by atoms with Crippen LogP contribution in [0.5, 0.6) is 5.75 Å². The molecule has 0 spiro atoms. The highest BCUT2D eigenvalue weighted by Crippen LogP contribution is 2.26. The largest absolute Gasteiger partial charge is 0.496 e. The molecule has 1 aromatic carbocycles. The van der Waals surface area contributed by atoms with E-state index in [1.165, 1.54) is 25.3 Å². The van der Waals surface area contributed by atoms with Gasteiger partial charge in [-0.1, -0.05) is 0 Å². The van der Waals surface area contributed by atoms with Crippen LogP contribution in [-0.2, 0) is 0 Å². The SMILES string of the molecule is COc1ccc(F)cc1C(=O)[C@H]1CCCN(C)C1. The van der Waals surface area contributed by atoms with E-state index in [0.29, 0.717) is 11.3 Å². The van der Waals surface area contributed by atoms with Crippen molar-refractivity contribution in [3.05, 3.63) is 29.6 Å². The maximum atomic E-state index is 13.3. The lowest BCUT2D eigenvalue weighted by atomic mass is 9.90. The molecule has 1 fully saturated rings. The summed E-state index contributed by atoms with van der Waals surface area (Å²) in [7, 11) is 3.50. The minimum absolute atomic E-state index is 0.0158. The number of halogens is 1. The number of ether oxygens (including phenoxy) is 1. The van der Waals surface area contributed by atoms with Gasteiger partial charge in [-0.3, -0.25) is 4.79 Å². The maximum Gasteiger partial charge on any atom is 0.171 e. The van der Waals surface area contributed by atoms with Gasteiger partial charge in [0.15, 0.2) is 5.78 Å². The van der Waals surface area contributed by atoms with Crippen molar-refractivity contribution in [1.82, 2.24) is 4.90 Å². The normalized spacial score (nSPS) is 20.7. The predicted molar refractivity (Wildman–Crippen MR) is 67.5 cm³/mol. The Hall–Kier alpha value is -1.42. The number of Topliss-reactive ketones (excluding diaryl/α,β-unsaturated/α-hetero) is 1. The minimum atomic E-state index is -0.400. The van der Waals surface area contributed by atoms with E-state index in [1.807, 2.05) is 7.05 Å². The van der Waals surface area contributed by atoms with Crippen molar-refractivity contribution in [2.75, 3.05) is 27.2 Å². The first-order valence-corrected chi connectivity index (χ1v) is 6.18. The molecule has 18 heavy (non-hydrogen) atoms. The zero-order chi connectivity index (χ0) is 13.1. The van der Waals surface area contributed by atoms with Crippen LogP contribution in [0.15, 0.2) is 18.2 Å². The van der Waals surface area contributed by atoms with Crippen molar-refractivity contribution < 1.29 is 13.9 Å². The van der Waals surface area contributed by atoms with Crippen LogP contribution < -0.4 is 4.74 Å². The Kier molecular flexibility index (Phi) is 3.97. The van der Waals surface area contributed by atoms with Gasteiger partial charge in [0.05, 0.1) is 12.7 Å². The zero-order valence-electron chi connectivity index (χ0n) is 10.8. The molecule has 2 rings (SSSR count).